The van der Waals surface area contributed by atoms with Crippen LogP contribution >= 0.6 is 0 Å². The Kier molecular flexibility index (Phi) is 6.62. The van der Waals surface area contributed by atoms with E-state index in [4.69, 9.17) is 20.5 Å². The maximum atomic E-state index is 8.72. The number of anilines is 2. The third-order valence-corrected chi connectivity index (χ3v) is 2.39. The van der Waals surface area contributed by atoms with Crippen molar-refractivity contribution in [2.24, 2.45) is 0 Å². The Morgan fingerprint density at radius 3 is 2.83 bits per heavy atom. The third kappa shape index (κ3) is 5.04. The minimum atomic E-state index is 0.570. The molecule has 0 aliphatic heterocycles. The molecule has 1 aromatic rings. The molecule has 0 amide bonds. The molecule has 0 aliphatic carbocycles. The molecule has 0 unspecified atom stereocenters. The number of methoxy groups -OCH3 is 1. The van der Waals surface area contributed by atoms with Crippen LogP contribution in [0.25, 0.3) is 0 Å². The number of hydrogen-bond acceptors (Lipinski definition) is 5. The minimum absolute atomic E-state index is 0.570. The normalized spacial score (nSPS) is 10.0. The number of nitrogens with zero attached hydrogens (tertiary/aromatic N) is 1. The van der Waals surface area contributed by atoms with E-state index >= 15 is 0 Å². The van der Waals surface area contributed by atoms with Crippen molar-refractivity contribution in [3.8, 4) is 6.07 Å². The lowest BCUT2D eigenvalue weighted by atomic mass is 10.2. The molecule has 0 saturated carbocycles. The van der Waals surface area contributed by atoms with Gasteiger partial charge >= 0.3 is 0 Å². The number of benzene rings is 1. The molecule has 1 rings (SSSR count). The van der Waals surface area contributed by atoms with Gasteiger partial charge in [-0.25, -0.2) is 0 Å². The largest absolute Gasteiger partial charge is 0.397 e. The van der Waals surface area contributed by atoms with Crippen LogP contribution in [0.3, 0.4) is 0 Å². The monoisotopic (exact) mass is 249 g/mol. The van der Waals surface area contributed by atoms with Crippen LogP contribution in [0.5, 0.6) is 0 Å². The van der Waals surface area contributed by atoms with Crippen LogP contribution in [0.2, 0.25) is 0 Å². The van der Waals surface area contributed by atoms with Crippen LogP contribution in [-0.4, -0.2) is 33.5 Å². The second kappa shape index (κ2) is 8.34. The number of nitrogen functional groups attached to an aromatic ring is 1. The second-order valence-electron chi connectivity index (χ2n) is 3.80. The molecule has 5 heteroatoms. The van der Waals surface area contributed by atoms with Gasteiger partial charge in [-0.05, 0) is 24.6 Å². The average Bonchev–Trinajstić information content (AvgIpc) is 2.39. The van der Waals surface area contributed by atoms with Crippen LogP contribution in [0.1, 0.15) is 12.0 Å². The number of nitrogens with two attached hydrogens (primary N) is 1. The molecule has 18 heavy (non-hydrogen) atoms. The standard InChI is InChI=1S/C13H19N3O2/c1-17-7-8-18-6-2-5-16-13-4-3-11(10-14)9-12(13)15/h3-4,9,16H,2,5-8,15H2,1H3. The smallest absolute Gasteiger partial charge is 0.0992 e. The van der Waals surface area contributed by atoms with Crippen molar-refractivity contribution in [2.75, 3.05) is 44.5 Å². The van der Waals surface area contributed by atoms with Crippen LogP contribution < -0.4 is 11.1 Å². The van der Waals surface area contributed by atoms with E-state index in [1.165, 1.54) is 0 Å². The Bertz CT molecular complexity index is 402. The molecule has 0 aromatic heterocycles. The fourth-order valence-electron chi connectivity index (χ4n) is 1.43. The third-order valence-electron chi connectivity index (χ3n) is 2.39. The molecular formula is C13H19N3O2. The van der Waals surface area contributed by atoms with E-state index < -0.39 is 0 Å². The molecule has 0 spiro atoms. The Morgan fingerprint density at radius 2 is 2.17 bits per heavy atom. The van der Waals surface area contributed by atoms with Crippen molar-refractivity contribution in [2.45, 2.75) is 6.42 Å². The summed E-state index contributed by atoms with van der Waals surface area (Å²) in [4.78, 5) is 0. The van der Waals surface area contributed by atoms with Gasteiger partial charge in [0.25, 0.3) is 0 Å². The molecule has 0 radical (unpaired) electrons. The van der Waals surface area contributed by atoms with Crippen LogP contribution in [0.4, 0.5) is 11.4 Å². The van der Waals surface area contributed by atoms with Gasteiger partial charge in [0.05, 0.1) is 36.2 Å². The van der Waals surface area contributed by atoms with Crippen LogP contribution in [0, 0.1) is 11.3 Å². The van der Waals surface area contributed by atoms with Gasteiger partial charge in [0.2, 0.25) is 0 Å². The Balaban J connectivity index is 2.21. The van der Waals surface area contributed by atoms with E-state index in [0.29, 0.717) is 31.1 Å². The molecule has 98 valence electrons. The Hall–Kier alpha value is -1.77. The van der Waals surface area contributed by atoms with Gasteiger partial charge in [0, 0.05) is 20.3 Å². The first-order chi connectivity index (χ1) is 8.77. The van der Waals surface area contributed by atoms with Crippen molar-refractivity contribution in [1.29, 1.82) is 5.26 Å². The maximum Gasteiger partial charge on any atom is 0.0992 e. The van der Waals surface area contributed by atoms with Gasteiger partial charge in [-0.3, -0.25) is 0 Å². The molecule has 0 heterocycles. The molecule has 0 bridgehead atoms. The second-order valence-corrected chi connectivity index (χ2v) is 3.80. The van der Waals surface area contributed by atoms with E-state index in [0.717, 1.165) is 18.7 Å². The van der Waals surface area contributed by atoms with Crippen molar-refractivity contribution in [1.82, 2.24) is 0 Å². The van der Waals surface area contributed by atoms with E-state index in [1.807, 2.05) is 6.07 Å². The zero-order valence-electron chi connectivity index (χ0n) is 10.6. The number of nitrogens with one attached hydrogen (secondary N) is 1. The van der Waals surface area contributed by atoms with Gasteiger partial charge in [0.1, 0.15) is 0 Å². The fourth-order valence-corrected chi connectivity index (χ4v) is 1.43. The molecule has 0 saturated heterocycles. The number of rotatable bonds is 8. The Morgan fingerprint density at radius 1 is 1.33 bits per heavy atom. The number of nitriles is 1. The molecule has 0 atom stereocenters. The lowest BCUT2D eigenvalue weighted by Crippen LogP contribution is -2.09. The average molecular weight is 249 g/mol. The Labute approximate surface area is 107 Å². The summed E-state index contributed by atoms with van der Waals surface area (Å²) in [7, 11) is 1.65. The molecule has 0 fully saturated rings. The van der Waals surface area contributed by atoms with Gasteiger partial charge in [-0.1, -0.05) is 0 Å². The van der Waals surface area contributed by atoms with E-state index in [9.17, 15) is 0 Å². The first-order valence-electron chi connectivity index (χ1n) is 5.88. The van der Waals surface area contributed by atoms with Gasteiger partial charge in [-0.2, -0.15) is 5.26 Å². The summed E-state index contributed by atoms with van der Waals surface area (Å²) in [6.07, 6.45) is 0.892. The number of hydrogen-bond donors (Lipinski definition) is 2. The van der Waals surface area contributed by atoms with E-state index in [2.05, 4.69) is 11.4 Å². The first kappa shape index (κ1) is 14.3. The molecule has 5 nitrogen and oxygen atoms in total. The highest BCUT2D eigenvalue weighted by Crippen LogP contribution is 2.19. The first-order valence-corrected chi connectivity index (χ1v) is 5.88. The lowest BCUT2D eigenvalue weighted by molar-refractivity contribution is 0.0705. The minimum Gasteiger partial charge on any atom is -0.397 e. The topological polar surface area (TPSA) is 80.3 Å². The summed E-state index contributed by atoms with van der Waals surface area (Å²) in [5.41, 5.74) is 7.83. The summed E-state index contributed by atoms with van der Waals surface area (Å²) in [6.45, 7) is 2.71. The zero-order chi connectivity index (χ0) is 13.2. The highest BCUT2D eigenvalue weighted by molar-refractivity contribution is 5.68. The molecular weight excluding hydrogens is 230 g/mol. The van der Waals surface area contributed by atoms with Crippen molar-refractivity contribution >= 4 is 11.4 Å². The molecule has 0 aliphatic rings. The summed E-state index contributed by atoms with van der Waals surface area (Å²) < 4.78 is 10.2. The van der Waals surface area contributed by atoms with Gasteiger partial charge in [0.15, 0.2) is 0 Å². The summed E-state index contributed by atoms with van der Waals surface area (Å²) in [5, 5.41) is 11.9. The van der Waals surface area contributed by atoms with Crippen LogP contribution in [-0.2, 0) is 9.47 Å². The quantitative estimate of drug-likeness (QED) is 0.540. The summed E-state index contributed by atoms with van der Waals surface area (Å²) >= 11 is 0. The maximum absolute atomic E-state index is 8.72. The highest BCUT2D eigenvalue weighted by Gasteiger charge is 1.99. The molecule has 1 aromatic carbocycles. The van der Waals surface area contributed by atoms with E-state index in [-0.39, 0.29) is 0 Å². The van der Waals surface area contributed by atoms with Gasteiger partial charge in [-0.15, -0.1) is 0 Å². The summed E-state index contributed by atoms with van der Waals surface area (Å²) in [6, 6.07) is 7.28. The van der Waals surface area contributed by atoms with Gasteiger partial charge < -0.3 is 20.5 Å². The van der Waals surface area contributed by atoms with E-state index in [1.54, 1.807) is 19.2 Å². The van der Waals surface area contributed by atoms with Crippen molar-refractivity contribution in [3.05, 3.63) is 23.8 Å². The predicted molar refractivity (Wildman–Crippen MR) is 71.4 cm³/mol. The zero-order valence-corrected chi connectivity index (χ0v) is 10.6. The van der Waals surface area contributed by atoms with Crippen molar-refractivity contribution < 1.29 is 9.47 Å². The lowest BCUT2D eigenvalue weighted by Gasteiger charge is -2.09. The SMILES string of the molecule is COCCOCCCNc1ccc(C#N)cc1N. The highest BCUT2D eigenvalue weighted by atomic mass is 16.5. The molecule has 3 N–H and O–H groups in total. The number of ether oxygens (including phenoxy) is 2. The predicted octanol–water partition coefficient (Wildman–Crippen LogP) is 1.61. The van der Waals surface area contributed by atoms with Crippen LogP contribution in [0.15, 0.2) is 18.2 Å². The fraction of sp³-hybridized carbons (Fsp3) is 0.462. The van der Waals surface area contributed by atoms with Crippen molar-refractivity contribution in [3.63, 3.8) is 0 Å². The summed E-state index contributed by atoms with van der Waals surface area (Å²) in [5.74, 6) is 0.